The number of rotatable bonds is 4. The average Bonchev–Trinajstić information content (AvgIpc) is 2.98. The number of aryl methyl sites for hydroxylation is 3. The predicted octanol–water partition coefficient (Wildman–Crippen LogP) is 3.11. The van der Waals surface area contributed by atoms with E-state index in [1.54, 1.807) is 4.90 Å². The van der Waals surface area contributed by atoms with Gasteiger partial charge < -0.3 is 15.2 Å². The Kier molecular flexibility index (Phi) is 5.45. The first kappa shape index (κ1) is 18.2. The molecule has 1 aromatic carbocycles. The monoisotopic (exact) mass is 353 g/mol. The Morgan fingerprint density at radius 2 is 1.92 bits per heavy atom. The minimum absolute atomic E-state index is 0.00775. The standard InChI is InChI=1S/C21H27N3O2/c1-14-6-8-17(9-7-14)12-22-20(25)18-5-4-10-24(13-18)21(26)19-15(2)11-16(3)23-19/h6-9,11,18,23H,4-5,10,12-13H2,1-3H3,(H,22,25). The molecule has 2 N–H and O–H groups in total. The van der Waals surface area contributed by atoms with Crippen LogP contribution in [0.1, 0.15) is 45.7 Å². The second-order valence-corrected chi connectivity index (χ2v) is 7.30. The summed E-state index contributed by atoms with van der Waals surface area (Å²) in [6.45, 7) is 7.64. The molecule has 0 saturated carbocycles. The highest BCUT2D eigenvalue weighted by atomic mass is 16.2. The summed E-state index contributed by atoms with van der Waals surface area (Å²) in [5.41, 5.74) is 4.87. The fourth-order valence-corrected chi connectivity index (χ4v) is 3.52. The smallest absolute Gasteiger partial charge is 0.270 e. The quantitative estimate of drug-likeness (QED) is 0.887. The molecule has 2 heterocycles. The number of nitrogens with zero attached hydrogens (tertiary/aromatic N) is 1. The van der Waals surface area contributed by atoms with Crippen LogP contribution in [0.3, 0.4) is 0 Å². The van der Waals surface area contributed by atoms with Gasteiger partial charge in [0.1, 0.15) is 5.69 Å². The summed E-state index contributed by atoms with van der Waals surface area (Å²) in [7, 11) is 0. The van der Waals surface area contributed by atoms with Crippen molar-refractivity contribution in [3.05, 3.63) is 58.4 Å². The number of likely N-dealkylation sites (tertiary alicyclic amines) is 1. The van der Waals surface area contributed by atoms with Gasteiger partial charge in [-0.25, -0.2) is 0 Å². The van der Waals surface area contributed by atoms with Crippen molar-refractivity contribution in [3.63, 3.8) is 0 Å². The number of piperidine rings is 1. The molecule has 138 valence electrons. The van der Waals surface area contributed by atoms with E-state index in [1.165, 1.54) is 5.56 Å². The Labute approximate surface area is 154 Å². The highest BCUT2D eigenvalue weighted by Crippen LogP contribution is 2.20. The van der Waals surface area contributed by atoms with Gasteiger partial charge in [0.15, 0.2) is 0 Å². The third-order valence-electron chi connectivity index (χ3n) is 5.03. The van der Waals surface area contributed by atoms with Gasteiger partial charge in [-0.3, -0.25) is 9.59 Å². The summed E-state index contributed by atoms with van der Waals surface area (Å²) in [5.74, 6) is -0.122. The van der Waals surface area contributed by atoms with Crippen LogP contribution in [0.15, 0.2) is 30.3 Å². The number of hydrogen-bond acceptors (Lipinski definition) is 2. The number of carbonyl (C=O) groups is 2. The van der Waals surface area contributed by atoms with Crippen LogP contribution >= 0.6 is 0 Å². The summed E-state index contributed by atoms with van der Waals surface area (Å²) in [4.78, 5) is 30.3. The zero-order valence-electron chi connectivity index (χ0n) is 15.8. The molecule has 26 heavy (non-hydrogen) atoms. The Morgan fingerprint density at radius 3 is 2.58 bits per heavy atom. The van der Waals surface area contributed by atoms with E-state index in [0.29, 0.717) is 25.3 Å². The molecule has 1 aromatic heterocycles. The van der Waals surface area contributed by atoms with Crippen molar-refractivity contribution in [2.24, 2.45) is 5.92 Å². The number of amides is 2. The zero-order chi connectivity index (χ0) is 18.7. The maximum atomic E-state index is 12.8. The molecule has 0 spiro atoms. The molecule has 0 aliphatic carbocycles. The van der Waals surface area contributed by atoms with Gasteiger partial charge in [-0.1, -0.05) is 29.8 Å². The SMILES string of the molecule is Cc1ccc(CNC(=O)C2CCCN(C(=O)c3[nH]c(C)cc3C)C2)cc1. The number of nitrogens with one attached hydrogen (secondary N) is 2. The van der Waals surface area contributed by atoms with E-state index >= 15 is 0 Å². The molecule has 1 aliphatic heterocycles. The van der Waals surface area contributed by atoms with E-state index in [4.69, 9.17) is 0 Å². The lowest BCUT2D eigenvalue weighted by atomic mass is 9.96. The highest BCUT2D eigenvalue weighted by Gasteiger charge is 2.29. The molecular weight excluding hydrogens is 326 g/mol. The normalized spacial score (nSPS) is 17.2. The molecule has 1 saturated heterocycles. The van der Waals surface area contributed by atoms with Crippen LogP contribution in [0.2, 0.25) is 0 Å². The number of hydrogen-bond donors (Lipinski definition) is 2. The summed E-state index contributed by atoms with van der Waals surface area (Å²) >= 11 is 0. The van der Waals surface area contributed by atoms with Gasteiger partial charge in [-0.05, 0) is 50.8 Å². The van der Waals surface area contributed by atoms with Crippen molar-refractivity contribution in [2.75, 3.05) is 13.1 Å². The third-order valence-corrected chi connectivity index (χ3v) is 5.03. The van der Waals surface area contributed by atoms with Crippen molar-refractivity contribution in [1.82, 2.24) is 15.2 Å². The molecule has 3 rings (SSSR count). The van der Waals surface area contributed by atoms with Crippen LogP contribution in [0.5, 0.6) is 0 Å². The highest BCUT2D eigenvalue weighted by molar-refractivity contribution is 5.94. The van der Waals surface area contributed by atoms with Gasteiger partial charge in [0.2, 0.25) is 5.91 Å². The maximum absolute atomic E-state index is 12.8. The molecule has 1 fully saturated rings. The first-order valence-corrected chi connectivity index (χ1v) is 9.23. The van der Waals surface area contributed by atoms with Gasteiger partial charge in [0, 0.05) is 25.3 Å². The molecule has 2 aromatic rings. The number of H-pyrrole nitrogens is 1. The average molecular weight is 353 g/mol. The first-order valence-electron chi connectivity index (χ1n) is 9.23. The molecule has 5 nitrogen and oxygen atoms in total. The third kappa shape index (κ3) is 4.15. The maximum Gasteiger partial charge on any atom is 0.270 e. The van der Waals surface area contributed by atoms with Gasteiger partial charge in [0.25, 0.3) is 5.91 Å². The summed E-state index contributed by atoms with van der Waals surface area (Å²) < 4.78 is 0. The van der Waals surface area contributed by atoms with E-state index in [9.17, 15) is 9.59 Å². The van der Waals surface area contributed by atoms with Crippen molar-refractivity contribution >= 4 is 11.8 Å². The van der Waals surface area contributed by atoms with Crippen LogP contribution in [0, 0.1) is 26.7 Å². The molecule has 0 radical (unpaired) electrons. The number of aromatic amines is 1. The Bertz CT molecular complexity index is 792. The number of benzene rings is 1. The fourth-order valence-electron chi connectivity index (χ4n) is 3.52. The van der Waals surface area contributed by atoms with E-state index in [1.807, 2.05) is 51.1 Å². The lowest BCUT2D eigenvalue weighted by Gasteiger charge is -2.32. The van der Waals surface area contributed by atoms with Crippen LogP contribution < -0.4 is 5.32 Å². The summed E-state index contributed by atoms with van der Waals surface area (Å²) in [5, 5.41) is 3.02. The summed E-state index contributed by atoms with van der Waals surface area (Å²) in [6.07, 6.45) is 1.68. The second-order valence-electron chi connectivity index (χ2n) is 7.30. The molecule has 1 unspecified atom stereocenters. The first-order chi connectivity index (χ1) is 12.4. The van der Waals surface area contributed by atoms with Crippen LogP contribution in [0.4, 0.5) is 0 Å². The van der Waals surface area contributed by atoms with Crippen molar-refractivity contribution in [3.8, 4) is 0 Å². The lowest BCUT2D eigenvalue weighted by Crippen LogP contribution is -2.45. The Balaban J connectivity index is 1.58. The summed E-state index contributed by atoms with van der Waals surface area (Å²) in [6, 6.07) is 10.1. The van der Waals surface area contributed by atoms with Crippen LogP contribution in [0.25, 0.3) is 0 Å². The largest absolute Gasteiger partial charge is 0.354 e. The Morgan fingerprint density at radius 1 is 1.19 bits per heavy atom. The zero-order valence-corrected chi connectivity index (χ0v) is 15.8. The van der Waals surface area contributed by atoms with E-state index < -0.39 is 0 Å². The second kappa shape index (κ2) is 7.77. The minimum Gasteiger partial charge on any atom is -0.354 e. The molecule has 5 heteroatoms. The van der Waals surface area contributed by atoms with Crippen molar-refractivity contribution < 1.29 is 9.59 Å². The molecule has 1 aliphatic rings. The van der Waals surface area contributed by atoms with Crippen LogP contribution in [-0.2, 0) is 11.3 Å². The van der Waals surface area contributed by atoms with E-state index in [-0.39, 0.29) is 17.7 Å². The van der Waals surface area contributed by atoms with Gasteiger partial charge in [-0.15, -0.1) is 0 Å². The number of carbonyl (C=O) groups excluding carboxylic acids is 2. The molecular formula is C21H27N3O2. The van der Waals surface area contributed by atoms with Crippen molar-refractivity contribution in [1.29, 1.82) is 0 Å². The molecule has 1 atom stereocenters. The van der Waals surface area contributed by atoms with Gasteiger partial charge in [0.05, 0.1) is 5.92 Å². The predicted molar refractivity (Wildman–Crippen MR) is 102 cm³/mol. The minimum atomic E-state index is -0.144. The van der Waals surface area contributed by atoms with Crippen LogP contribution in [-0.4, -0.2) is 34.8 Å². The van der Waals surface area contributed by atoms with Crippen molar-refractivity contribution in [2.45, 2.75) is 40.2 Å². The topological polar surface area (TPSA) is 65.2 Å². The number of aromatic nitrogens is 1. The van der Waals surface area contributed by atoms with E-state index in [0.717, 1.165) is 29.7 Å². The van der Waals surface area contributed by atoms with Gasteiger partial charge in [-0.2, -0.15) is 0 Å². The Hall–Kier alpha value is -2.56. The lowest BCUT2D eigenvalue weighted by molar-refractivity contribution is -0.126. The van der Waals surface area contributed by atoms with Gasteiger partial charge >= 0.3 is 0 Å². The fraction of sp³-hybridized carbons (Fsp3) is 0.429. The molecule has 2 amide bonds. The molecule has 0 bridgehead atoms. The van der Waals surface area contributed by atoms with E-state index in [2.05, 4.69) is 10.3 Å².